The van der Waals surface area contributed by atoms with E-state index in [1.54, 1.807) is 24.3 Å². The number of benzene rings is 2. The number of nitrogens with one attached hydrogen (secondary N) is 1. The van der Waals surface area contributed by atoms with E-state index >= 15 is 0 Å². The van der Waals surface area contributed by atoms with Crippen LogP contribution in [0.25, 0.3) is 0 Å². The molecule has 0 unspecified atom stereocenters. The van der Waals surface area contributed by atoms with Crippen molar-refractivity contribution in [3.05, 3.63) is 65.0 Å². The molecule has 4 nitrogen and oxygen atoms in total. The number of rotatable bonds is 4. The number of hydrogen-bond donors (Lipinski definition) is 1. The van der Waals surface area contributed by atoms with E-state index in [0.29, 0.717) is 5.56 Å². The summed E-state index contributed by atoms with van der Waals surface area (Å²) in [6.07, 6.45) is 0. The van der Waals surface area contributed by atoms with Crippen LogP contribution in [-0.4, -0.2) is 19.0 Å². The van der Waals surface area contributed by atoms with Gasteiger partial charge in [-0.25, -0.2) is 9.18 Å². The molecule has 0 heterocycles. The fourth-order valence-corrected chi connectivity index (χ4v) is 2.02. The minimum absolute atomic E-state index is 0.0934. The van der Waals surface area contributed by atoms with Gasteiger partial charge in [0, 0.05) is 11.4 Å². The van der Waals surface area contributed by atoms with Crippen LogP contribution >= 0.6 is 11.6 Å². The van der Waals surface area contributed by atoms with Gasteiger partial charge in [-0.15, -0.1) is 11.6 Å². The zero-order valence-corrected chi connectivity index (χ0v) is 12.5. The van der Waals surface area contributed by atoms with E-state index in [4.69, 9.17) is 11.6 Å². The Kier molecular flexibility index (Phi) is 5.12. The molecule has 6 heteroatoms. The highest BCUT2D eigenvalue weighted by Crippen LogP contribution is 2.18. The third-order valence-electron chi connectivity index (χ3n) is 2.98. The van der Waals surface area contributed by atoms with Crippen molar-refractivity contribution in [1.82, 2.24) is 0 Å². The third kappa shape index (κ3) is 3.62. The number of carbonyl (C=O) groups is 2. The molecule has 0 fully saturated rings. The molecule has 1 N–H and O–H groups in total. The average molecular weight is 322 g/mol. The lowest BCUT2D eigenvalue weighted by atomic mass is 10.1. The minimum Gasteiger partial charge on any atom is -0.465 e. The van der Waals surface area contributed by atoms with Crippen molar-refractivity contribution in [3.8, 4) is 0 Å². The number of hydrogen-bond acceptors (Lipinski definition) is 3. The highest BCUT2D eigenvalue weighted by Gasteiger charge is 2.13. The largest absolute Gasteiger partial charge is 0.465 e. The quantitative estimate of drug-likeness (QED) is 0.691. The smallest absolute Gasteiger partial charge is 0.337 e. The van der Waals surface area contributed by atoms with Crippen molar-refractivity contribution in [3.63, 3.8) is 0 Å². The molecule has 0 atom stereocenters. The van der Waals surface area contributed by atoms with E-state index < -0.39 is 17.7 Å². The molecule has 0 radical (unpaired) electrons. The Morgan fingerprint density at radius 3 is 2.64 bits per heavy atom. The number of carbonyl (C=O) groups excluding carboxylic acids is 2. The maximum absolute atomic E-state index is 13.8. The summed E-state index contributed by atoms with van der Waals surface area (Å²) in [5.41, 5.74) is 1.18. The Morgan fingerprint density at radius 2 is 1.95 bits per heavy atom. The molecule has 22 heavy (non-hydrogen) atoms. The van der Waals surface area contributed by atoms with E-state index in [2.05, 4.69) is 10.1 Å². The molecule has 0 saturated heterocycles. The molecule has 0 aromatic heterocycles. The van der Waals surface area contributed by atoms with Gasteiger partial charge in [0.05, 0.1) is 18.4 Å². The Labute approximate surface area is 131 Å². The first-order chi connectivity index (χ1) is 10.5. The summed E-state index contributed by atoms with van der Waals surface area (Å²) in [5.74, 6) is -1.48. The maximum Gasteiger partial charge on any atom is 0.337 e. The van der Waals surface area contributed by atoms with Crippen LogP contribution in [0.1, 0.15) is 26.3 Å². The van der Waals surface area contributed by atoms with Gasteiger partial charge in [0.1, 0.15) is 5.82 Å². The molecular weight excluding hydrogens is 309 g/mol. The van der Waals surface area contributed by atoms with Gasteiger partial charge in [0.25, 0.3) is 5.91 Å². The van der Waals surface area contributed by atoms with Crippen LogP contribution in [0.2, 0.25) is 0 Å². The predicted octanol–water partition coefficient (Wildman–Crippen LogP) is 3.60. The SMILES string of the molecule is COC(=O)c1ccc(F)c(NC(=O)c2cccc(CCl)c2)c1. The van der Waals surface area contributed by atoms with Crippen molar-refractivity contribution >= 4 is 29.2 Å². The van der Waals surface area contributed by atoms with Crippen LogP contribution in [0.15, 0.2) is 42.5 Å². The zero-order chi connectivity index (χ0) is 16.1. The van der Waals surface area contributed by atoms with Crippen molar-refractivity contribution in [2.24, 2.45) is 0 Å². The second kappa shape index (κ2) is 7.04. The lowest BCUT2D eigenvalue weighted by Gasteiger charge is -2.09. The Morgan fingerprint density at radius 1 is 1.18 bits per heavy atom. The van der Waals surface area contributed by atoms with E-state index in [1.165, 1.54) is 19.2 Å². The molecular formula is C16H13ClFNO3. The molecule has 0 aliphatic heterocycles. The summed E-state index contributed by atoms with van der Waals surface area (Å²) < 4.78 is 18.3. The van der Waals surface area contributed by atoms with Gasteiger partial charge in [-0.05, 0) is 35.9 Å². The standard InChI is InChI=1S/C16H13ClFNO3/c1-22-16(21)12-5-6-13(18)14(8-12)19-15(20)11-4-2-3-10(7-11)9-17/h2-8H,9H2,1H3,(H,19,20). The van der Waals surface area contributed by atoms with E-state index in [9.17, 15) is 14.0 Å². The summed E-state index contributed by atoms with van der Waals surface area (Å²) in [6, 6.07) is 10.3. The van der Waals surface area contributed by atoms with Gasteiger partial charge in [-0.1, -0.05) is 12.1 Å². The van der Waals surface area contributed by atoms with Crippen LogP contribution in [0.5, 0.6) is 0 Å². The molecule has 2 aromatic carbocycles. The van der Waals surface area contributed by atoms with Crippen molar-refractivity contribution in [1.29, 1.82) is 0 Å². The Balaban J connectivity index is 2.25. The number of esters is 1. The highest BCUT2D eigenvalue weighted by atomic mass is 35.5. The van der Waals surface area contributed by atoms with Crippen molar-refractivity contribution in [2.75, 3.05) is 12.4 Å². The summed E-state index contributed by atoms with van der Waals surface area (Å²) in [4.78, 5) is 23.6. The number of ether oxygens (including phenoxy) is 1. The number of halogens is 2. The summed E-state index contributed by atoms with van der Waals surface area (Å²) in [5, 5.41) is 2.43. The van der Waals surface area contributed by atoms with Crippen LogP contribution in [-0.2, 0) is 10.6 Å². The second-order valence-corrected chi connectivity index (χ2v) is 4.74. The number of methoxy groups -OCH3 is 1. The van der Waals surface area contributed by atoms with Crippen LogP contribution in [0, 0.1) is 5.82 Å². The van der Waals surface area contributed by atoms with Crippen LogP contribution < -0.4 is 5.32 Å². The van der Waals surface area contributed by atoms with Gasteiger partial charge in [0.15, 0.2) is 0 Å². The summed E-state index contributed by atoms with van der Waals surface area (Å²) in [7, 11) is 1.22. The van der Waals surface area contributed by atoms with Gasteiger partial charge >= 0.3 is 5.97 Å². The first kappa shape index (κ1) is 16.0. The lowest BCUT2D eigenvalue weighted by molar-refractivity contribution is 0.0600. The van der Waals surface area contributed by atoms with E-state index in [-0.39, 0.29) is 17.1 Å². The molecule has 1 amide bonds. The average Bonchev–Trinajstić information content (AvgIpc) is 2.56. The zero-order valence-electron chi connectivity index (χ0n) is 11.7. The lowest BCUT2D eigenvalue weighted by Crippen LogP contribution is -2.14. The van der Waals surface area contributed by atoms with Gasteiger partial charge in [0.2, 0.25) is 0 Å². The number of amides is 1. The maximum atomic E-state index is 13.8. The molecule has 0 bridgehead atoms. The third-order valence-corrected chi connectivity index (χ3v) is 3.29. The van der Waals surface area contributed by atoms with Crippen molar-refractivity contribution in [2.45, 2.75) is 5.88 Å². The molecule has 114 valence electrons. The van der Waals surface area contributed by atoms with E-state index in [1.807, 2.05) is 0 Å². The normalized spacial score (nSPS) is 10.1. The summed E-state index contributed by atoms with van der Waals surface area (Å²) in [6.45, 7) is 0. The fraction of sp³-hybridized carbons (Fsp3) is 0.125. The van der Waals surface area contributed by atoms with E-state index in [0.717, 1.165) is 11.6 Å². The fourth-order valence-electron chi connectivity index (χ4n) is 1.86. The topological polar surface area (TPSA) is 55.4 Å². The number of anilines is 1. The van der Waals surface area contributed by atoms with Gasteiger partial charge in [-0.2, -0.15) is 0 Å². The molecule has 0 aliphatic rings. The molecule has 2 rings (SSSR count). The van der Waals surface area contributed by atoms with Crippen LogP contribution in [0.3, 0.4) is 0 Å². The van der Waals surface area contributed by atoms with Gasteiger partial charge in [-0.3, -0.25) is 4.79 Å². The molecule has 0 saturated carbocycles. The predicted molar refractivity (Wildman–Crippen MR) is 81.7 cm³/mol. The first-order valence-corrected chi connectivity index (χ1v) is 6.92. The second-order valence-electron chi connectivity index (χ2n) is 4.47. The Bertz CT molecular complexity index is 718. The Hall–Kier alpha value is -2.40. The van der Waals surface area contributed by atoms with Crippen LogP contribution in [0.4, 0.5) is 10.1 Å². The van der Waals surface area contributed by atoms with Crippen molar-refractivity contribution < 1.29 is 18.7 Å². The first-order valence-electron chi connectivity index (χ1n) is 6.39. The summed E-state index contributed by atoms with van der Waals surface area (Å²) >= 11 is 5.72. The number of alkyl halides is 1. The highest BCUT2D eigenvalue weighted by molar-refractivity contribution is 6.17. The van der Waals surface area contributed by atoms with Gasteiger partial charge < -0.3 is 10.1 Å². The molecule has 0 aliphatic carbocycles. The minimum atomic E-state index is -0.644. The molecule has 0 spiro atoms. The monoisotopic (exact) mass is 321 g/mol. The molecule has 2 aromatic rings.